The number of hydrogen-bond acceptors (Lipinski definition) is 7. The highest BCUT2D eigenvalue weighted by molar-refractivity contribution is 7.89. The number of aryl methyl sites for hydroxylation is 1. The van der Waals surface area contributed by atoms with Crippen LogP contribution in [0.3, 0.4) is 0 Å². The van der Waals surface area contributed by atoms with Gasteiger partial charge in [0.25, 0.3) is 0 Å². The van der Waals surface area contributed by atoms with Crippen LogP contribution in [0.4, 0.5) is 5.69 Å². The van der Waals surface area contributed by atoms with Crippen LogP contribution in [0.15, 0.2) is 24.3 Å². The molecule has 2 heterocycles. The molecule has 0 spiro atoms. The zero-order valence-corrected chi connectivity index (χ0v) is 25.5. The van der Waals surface area contributed by atoms with E-state index >= 15 is 0 Å². The van der Waals surface area contributed by atoms with Crippen molar-refractivity contribution in [2.45, 2.75) is 84.0 Å². The number of nitrogens with zero attached hydrogens (tertiary/aromatic N) is 2. The van der Waals surface area contributed by atoms with Crippen LogP contribution in [0.2, 0.25) is 0 Å². The molecule has 40 heavy (non-hydrogen) atoms. The monoisotopic (exact) mass is 575 g/mol. The van der Waals surface area contributed by atoms with Crippen LogP contribution >= 0.6 is 0 Å². The average molecular weight is 576 g/mol. The normalized spacial score (nSPS) is 30.8. The molecule has 2 saturated carbocycles. The quantitative estimate of drug-likeness (QED) is 0.355. The van der Waals surface area contributed by atoms with E-state index < -0.39 is 27.6 Å². The molecule has 2 aliphatic carbocycles. The Hall–Kier alpha value is -1.72. The molecule has 1 amide bonds. The molecule has 3 unspecified atom stereocenters. The highest BCUT2D eigenvalue weighted by Gasteiger charge is 2.66. The van der Waals surface area contributed by atoms with Crippen LogP contribution in [-0.2, 0) is 14.8 Å². The lowest BCUT2D eigenvalue weighted by Gasteiger charge is -2.45. The number of hydrogen-bond donors (Lipinski definition) is 4. The number of piperidine rings is 1. The van der Waals surface area contributed by atoms with E-state index in [1.165, 1.54) is 11.3 Å². The molecule has 4 fully saturated rings. The standard InChI is InChI=1S/C30H49N5O4S/c1-21-7-5-6-8-25(21)34-15-17-35(18-16-34)40(38,39)20-30-12-9-23(29(30,3)4)19-26(30)33-28(37)27(22(2)36)32-24-10-13-31-14-11-24/h5-8,22-24,26-27,31-32,36H,9-20H2,1-4H3,(H,33,37)/t22-,23?,26?,27-,30?/m0/s1. The number of sulfonamides is 1. The second-order valence-electron chi connectivity index (χ2n) is 13.2. The Balaban J connectivity index is 1.29. The van der Waals surface area contributed by atoms with Gasteiger partial charge in [-0.15, -0.1) is 0 Å². The van der Waals surface area contributed by atoms with Gasteiger partial charge >= 0.3 is 0 Å². The second kappa shape index (κ2) is 11.5. The lowest BCUT2D eigenvalue weighted by Crippen LogP contribution is -2.60. The number of anilines is 1. The number of carbonyl (C=O) groups excluding carboxylic acids is 1. The fourth-order valence-electron chi connectivity index (χ4n) is 8.10. The van der Waals surface area contributed by atoms with Crippen molar-refractivity contribution in [2.75, 3.05) is 49.9 Å². The first-order chi connectivity index (χ1) is 18.9. The molecule has 0 radical (unpaired) electrons. The van der Waals surface area contributed by atoms with Crippen molar-refractivity contribution in [1.29, 1.82) is 0 Å². The molecule has 5 rings (SSSR count). The zero-order valence-electron chi connectivity index (χ0n) is 24.7. The van der Waals surface area contributed by atoms with Crippen molar-refractivity contribution in [3.63, 3.8) is 0 Å². The van der Waals surface area contributed by atoms with E-state index in [-0.39, 0.29) is 29.2 Å². The zero-order chi connectivity index (χ0) is 28.7. The number of amides is 1. The number of aliphatic hydroxyl groups excluding tert-OH is 1. The number of benzene rings is 1. The third-order valence-corrected chi connectivity index (χ3v) is 12.8. The Kier molecular flexibility index (Phi) is 8.57. The molecular weight excluding hydrogens is 526 g/mol. The van der Waals surface area contributed by atoms with Gasteiger partial charge in [-0.1, -0.05) is 32.0 Å². The van der Waals surface area contributed by atoms with Crippen molar-refractivity contribution in [1.82, 2.24) is 20.3 Å². The fraction of sp³-hybridized carbons (Fsp3) is 0.767. The van der Waals surface area contributed by atoms with E-state index in [2.05, 4.69) is 53.8 Å². The Morgan fingerprint density at radius 2 is 1.80 bits per heavy atom. The molecule has 224 valence electrons. The molecule has 2 saturated heterocycles. The molecular formula is C30H49N5O4S. The third-order valence-electron chi connectivity index (χ3n) is 10.8. The summed E-state index contributed by atoms with van der Waals surface area (Å²) >= 11 is 0. The van der Waals surface area contributed by atoms with Gasteiger partial charge in [0.1, 0.15) is 6.04 Å². The summed E-state index contributed by atoms with van der Waals surface area (Å²) in [4.78, 5) is 15.9. The topological polar surface area (TPSA) is 114 Å². The summed E-state index contributed by atoms with van der Waals surface area (Å²) < 4.78 is 29.7. The van der Waals surface area contributed by atoms with E-state index in [0.717, 1.165) is 45.2 Å². The second-order valence-corrected chi connectivity index (χ2v) is 15.2. The van der Waals surface area contributed by atoms with Gasteiger partial charge in [-0.25, -0.2) is 8.42 Å². The largest absolute Gasteiger partial charge is 0.391 e. The van der Waals surface area contributed by atoms with Crippen LogP contribution in [-0.4, -0.2) is 93.0 Å². The minimum absolute atomic E-state index is 0.0554. The van der Waals surface area contributed by atoms with Crippen LogP contribution in [0, 0.1) is 23.7 Å². The molecule has 0 aromatic heterocycles. The van der Waals surface area contributed by atoms with E-state index in [1.54, 1.807) is 11.2 Å². The van der Waals surface area contributed by atoms with Gasteiger partial charge in [0, 0.05) is 49.4 Å². The van der Waals surface area contributed by atoms with Crippen molar-refractivity contribution < 1.29 is 18.3 Å². The van der Waals surface area contributed by atoms with E-state index in [9.17, 15) is 18.3 Å². The lowest BCUT2D eigenvalue weighted by molar-refractivity contribution is -0.127. The van der Waals surface area contributed by atoms with Gasteiger partial charge in [-0.3, -0.25) is 4.79 Å². The van der Waals surface area contributed by atoms with Crippen molar-refractivity contribution in [2.24, 2.45) is 16.7 Å². The first-order valence-corrected chi connectivity index (χ1v) is 16.8. The van der Waals surface area contributed by atoms with Crippen molar-refractivity contribution in [3.05, 3.63) is 29.8 Å². The molecule has 4 aliphatic rings. The number of para-hydroxylation sites is 1. The minimum atomic E-state index is -3.54. The highest BCUT2D eigenvalue weighted by atomic mass is 32.2. The summed E-state index contributed by atoms with van der Waals surface area (Å²) in [7, 11) is -3.54. The van der Waals surface area contributed by atoms with Crippen LogP contribution < -0.4 is 20.9 Å². The summed E-state index contributed by atoms with van der Waals surface area (Å²) in [6.45, 7) is 12.2. The van der Waals surface area contributed by atoms with E-state index in [4.69, 9.17) is 0 Å². The molecule has 5 atom stereocenters. The van der Waals surface area contributed by atoms with E-state index in [1.807, 2.05) is 12.1 Å². The first kappa shape index (κ1) is 29.8. The molecule has 4 N–H and O–H groups in total. The molecule has 1 aromatic rings. The van der Waals surface area contributed by atoms with Crippen LogP contribution in [0.5, 0.6) is 0 Å². The highest BCUT2D eigenvalue weighted by Crippen LogP contribution is 2.66. The smallest absolute Gasteiger partial charge is 0.240 e. The van der Waals surface area contributed by atoms with E-state index in [0.29, 0.717) is 32.1 Å². The maximum Gasteiger partial charge on any atom is 0.240 e. The summed E-state index contributed by atoms with van der Waals surface area (Å²) in [5.74, 6) is 0.207. The fourth-order valence-corrected chi connectivity index (χ4v) is 10.4. The maximum atomic E-state index is 14.0. The summed E-state index contributed by atoms with van der Waals surface area (Å²) in [5, 5.41) is 20.5. The Labute approximate surface area is 240 Å². The number of piperazine rings is 1. The molecule has 1 aromatic carbocycles. The number of nitrogens with one attached hydrogen (secondary N) is 3. The third kappa shape index (κ3) is 5.54. The first-order valence-electron chi connectivity index (χ1n) is 15.2. The van der Waals surface area contributed by atoms with Crippen molar-refractivity contribution >= 4 is 21.6 Å². The SMILES string of the molecule is Cc1ccccc1N1CCN(S(=O)(=O)CC23CCC(CC2NC(=O)[C@@H](NC2CCNCC2)[C@H](C)O)C3(C)C)CC1. The molecule has 9 nitrogen and oxygen atoms in total. The number of aliphatic hydroxyl groups is 1. The predicted octanol–water partition coefficient (Wildman–Crippen LogP) is 1.85. The summed E-state index contributed by atoms with van der Waals surface area (Å²) in [5.41, 5.74) is 1.63. The van der Waals surface area contributed by atoms with Gasteiger partial charge in [0.15, 0.2) is 0 Å². The number of fused-ring (bicyclic) bond motifs is 2. The van der Waals surface area contributed by atoms with Gasteiger partial charge in [-0.05, 0) is 82.0 Å². The lowest BCUT2D eigenvalue weighted by atomic mass is 9.69. The Morgan fingerprint density at radius 3 is 2.42 bits per heavy atom. The maximum absolute atomic E-state index is 14.0. The van der Waals surface area contributed by atoms with Gasteiger partial charge < -0.3 is 26.0 Å². The summed E-state index contributed by atoms with van der Waals surface area (Å²) in [6, 6.07) is 7.49. The summed E-state index contributed by atoms with van der Waals surface area (Å²) in [6.07, 6.45) is 3.55. The van der Waals surface area contributed by atoms with Gasteiger partial charge in [0.2, 0.25) is 15.9 Å². The molecule has 2 bridgehead atoms. The molecule has 2 aliphatic heterocycles. The van der Waals surface area contributed by atoms with Crippen LogP contribution in [0.25, 0.3) is 0 Å². The minimum Gasteiger partial charge on any atom is -0.391 e. The molecule has 10 heteroatoms. The van der Waals surface area contributed by atoms with Gasteiger partial charge in [-0.2, -0.15) is 4.31 Å². The number of rotatable bonds is 9. The van der Waals surface area contributed by atoms with Gasteiger partial charge in [0.05, 0.1) is 11.9 Å². The predicted molar refractivity (Wildman–Crippen MR) is 159 cm³/mol. The number of carbonyl (C=O) groups is 1. The average Bonchev–Trinajstić information content (AvgIpc) is 3.27. The Morgan fingerprint density at radius 1 is 1.12 bits per heavy atom. The van der Waals surface area contributed by atoms with Crippen LogP contribution in [0.1, 0.15) is 58.4 Å². The van der Waals surface area contributed by atoms with Crippen molar-refractivity contribution in [3.8, 4) is 0 Å². The Bertz CT molecular complexity index is 1160.